The summed E-state index contributed by atoms with van der Waals surface area (Å²) in [4.78, 5) is 34.8. The molecule has 9 heteroatoms. The molecule has 2 aromatic carbocycles. The lowest BCUT2D eigenvalue weighted by Crippen LogP contribution is -2.52. The molecule has 0 spiro atoms. The van der Waals surface area contributed by atoms with Gasteiger partial charge in [0.15, 0.2) is 0 Å². The summed E-state index contributed by atoms with van der Waals surface area (Å²) in [5, 5.41) is 8.27. The van der Waals surface area contributed by atoms with Crippen molar-refractivity contribution in [2.75, 3.05) is 18.5 Å². The van der Waals surface area contributed by atoms with Crippen molar-refractivity contribution in [2.24, 2.45) is 0 Å². The van der Waals surface area contributed by atoms with Gasteiger partial charge in [0.1, 0.15) is 12.3 Å². The van der Waals surface area contributed by atoms with Crippen LogP contribution in [0.25, 0.3) is 10.8 Å². The number of ether oxygens (including phenoxy) is 1. The van der Waals surface area contributed by atoms with Gasteiger partial charge in [-0.1, -0.05) is 35.9 Å². The molecule has 0 bridgehead atoms. The summed E-state index contributed by atoms with van der Waals surface area (Å²) in [5.74, 6) is 0.0816. The molecule has 0 unspecified atom stereocenters. The molecule has 0 saturated heterocycles. The number of imidazole rings is 1. The summed E-state index contributed by atoms with van der Waals surface area (Å²) in [7, 11) is 0. The lowest BCUT2D eigenvalue weighted by atomic mass is 9.74. The van der Waals surface area contributed by atoms with Crippen LogP contribution in [-0.2, 0) is 21.5 Å². The third-order valence-electron chi connectivity index (χ3n) is 6.07. The van der Waals surface area contributed by atoms with E-state index in [1.54, 1.807) is 53.9 Å². The summed E-state index contributed by atoms with van der Waals surface area (Å²) >= 11 is 6.31. The monoisotopic (exact) mass is 475 g/mol. The summed E-state index contributed by atoms with van der Waals surface area (Å²) in [5.41, 5.74) is 0.155. The number of carbonyl (C=O) groups is 2. The fourth-order valence-corrected chi connectivity index (χ4v) is 4.45. The second kappa shape index (κ2) is 9.15. The SMILES string of the molecule is O=C(Cn1ccnc1)NC[C@@]1(C(=O)Nc2cncc3ccccc23)CCOc2ccc(Cl)cc21. The minimum absolute atomic E-state index is 0.0846. The van der Waals surface area contributed by atoms with Gasteiger partial charge in [-0.3, -0.25) is 14.6 Å². The topological polar surface area (TPSA) is 98.1 Å². The predicted octanol–water partition coefficient (Wildman–Crippen LogP) is 3.56. The highest BCUT2D eigenvalue weighted by Crippen LogP contribution is 2.41. The van der Waals surface area contributed by atoms with E-state index in [0.717, 1.165) is 10.8 Å². The van der Waals surface area contributed by atoms with Crippen LogP contribution in [0, 0.1) is 0 Å². The van der Waals surface area contributed by atoms with E-state index in [1.165, 1.54) is 0 Å². The first-order valence-electron chi connectivity index (χ1n) is 10.8. The van der Waals surface area contributed by atoms with Gasteiger partial charge in [0.05, 0.1) is 30.2 Å². The Morgan fingerprint density at radius 3 is 2.88 bits per heavy atom. The van der Waals surface area contributed by atoms with E-state index < -0.39 is 5.41 Å². The van der Waals surface area contributed by atoms with E-state index in [2.05, 4.69) is 20.6 Å². The zero-order chi connectivity index (χ0) is 23.5. The van der Waals surface area contributed by atoms with Crippen LogP contribution in [-0.4, -0.2) is 39.5 Å². The highest BCUT2D eigenvalue weighted by Gasteiger charge is 2.45. The number of amides is 2. The summed E-state index contributed by atoms with van der Waals surface area (Å²) in [6.07, 6.45) is 8.63. The van der Waals surface area contributed by atoms with Crippen LogP contribution in [0.4, 0.5) is 5.69 Å². The first-order valence-corrected chi connectivity index (χ1v) is 11.2. The molecule has 172 valence electrons. The van der Waals surface area contributed by atoms with Crippen LogP contribution in [0.1, 0.15) is 12.0 Å². The molecule has 1 atom stereocenters. The van der Waals surface area contributed by atoms with E-state index in [1.807, 2.05) is 24.3 Å². The van der Waals surface area contributed by atoms with Crippen LogP contribution in [0.5, 0.6) is 5.75 Å². The molecule has 34 heavy (non-hydrogen) atoms. The number of pyridine rings is 1. The number of fused-ring (bicyclic) bond motifs is 2. The molecule has 0 radical (unpaired) electrons. The van der Waals surface area contributed by atoms with Crippen LogP contribution in [0.3, 0.4) is 0 Å². The zero-order valence-corrected chi connectivity index (χ0v) is 19.0. The van der Waals surface area contributed by atoms with E-state index in [9.17, 15) is 9.59 Å². The van der Waals surface area contributed by atoms with Gasteiger partial charge in [-0.15, -0.1) is 0 Å². The number of hydrogen-bond acceptors (Lipinski definition) is 5. The fraction of sp³-hybridized carbons (Fsp3) is 0.200. The number of aromatic nitrogens is 3. The molecule has 8 nitrogen and oxygen atoms in total. The lowest BCUT2D eigenvalue weighted by molar-refractivity contribution is -0.124. The normalized spacial score (nSPS) is 17.0. The highest BCUT2D eigenvalue weighted by atomic mass is 35.5. The van der Waals surface area contributed by atoms with Gasteiger partial charge >= 0.3 is 0 Å². The minimum Gasteiger partial charge on any atom is -0.493 e. The molecular weight excluding hydrogens is 454 g/mol. The van der Waals surface area contributed by atoms with E-state index in [0.29, 0.717) is 35.1 Å². The average molecular weight is 476 g/mol. The van der Waals surface area contributed by atoms with E-state index >= 15 is 0 Å². The Balaban J connectivity index is 1.49. The van der Waals surface area contributed by atoms with Crippen molar-refractivity contribution in [3.8, 4) is 5.75 Å². The molecule has 1 aliphatic rings. The standard InChI is InChI=1S/C25H22ClN5O3/c26-18-5-6-22-20(11-18)25(7-10-34-22,15-29-23(32)14-31-9-8-27-16-31)24(33)30-21-13-28-12-17-3-1-2-4-19(17)21/h1-6,8-9,11-13,16H,7,10,14-15H2,(H,29,32)(H,30,33)/t25-/m0/s1. The molecule has 0 saturated carbocycles. The van der Waals surface area contributed by atoms with E-state index in [4.69, 9.17) is 16.3 Å². The Bertz CT molecular complexity index is 1350. The smallest absolute Gasteiger partial charge is 0.240 e. The number of halogens is 1. The Labute approximate surface area is 200 Å². The summed E-state index contributed by atoms with van der Waals surface area (Å²) in [6, 6.07) is 12.9. The van der Waals surface area contributed by atoms with Crippen molar-refractivity contribution in [2.45, 2.75) is 18.4 Å². The maximum absolute atomic E-state index is 13.9. The van der Waals surface area contributed by atoms with Crippen LogP contribution >= 0.6 is 11.6 Å². The van der Waals surface area contributed by atoms with Gasteiger partial charge in [-0.25, -0.2) is 4.98 Å². The Morgan fingerprint density at radius 2 is 2.03 bits per heavy atom. The van der Waals surface area contributed by atoms with Crippen LogP contribution < -0.4 is 15.4 Å². The Morgan fingerprint density at radius 1 is 1.15 bits per heavy atom. The van der Waals surface area contributed by atoms with Crippen molar-refractivity contribution in [1.82, 2.24) is 19.9 Å². The Kier molecular flexibility index (Phi) is 5.90. The number of hydrogen-bond donors (Lipinski definition) is 2. The molecule has 1 aliphatic heterocycles. The van der Waals surface area contributed by atoms with Crippen LogP contribution in [0.15, 0.2) is 73.6 Å². The quantitative estimate of drug-likeness (QED) is 0.444. The van der Waals surface area contributed by atoms with Gasteiger partial charge in [-0.2, -0.15) is 0 Å². The number of carbonyl (C=O) groups excluding carboxylic acids is 2. The third-order valence-corrected chi connectivity index (χ3v) is 6.30. The molecule has 3 heterocycles. The fourth-order valence-electron chi connectivity index (χ4n) is 4.28. The first kappa shape index (κ1) is 21.9. The third kappa shape index (κ3) is 4.20. The molecule has 5 rings (SSSR count). The molecule has 0 fully saturated rings. The van der Waals surface area contributed by atoms with Gasteiger partial charge < -0.3 is 19.9 Å². The van der Waals surface area contributed by atoms with Gasteiger partial charge in [0.2, 0.25) is 11.8 Å². The maximum atomic E-state index is 13.9. The number of benzene rings is 2. The Hall–Kier alpha value is -3.91. The van der Waals surface area contributed by atoms with Crippen molar-refractivity contribution in [1.29, 1.82) is 0 Å². The highest BCUT2D eigenvalue weighted by molar-refractivity contribution is 6.30. The largest absolute Gasteiger partial charge is 0.493 e. The number of nitrogens with one attached hydrogen (secondary N) is 2. The molecule has 2 N–H and O–H groups in total. The molecule has 2 aromatic heterocycles. The summed E-state index contributed by atoms with van der Waals surface area (Å²) < 4.78 is 7.49. The van der Waals surface area contributed by atoms with Gasteiger partial charge in [0, 0.05) is 52.9 Å². The minimum atomic E-state index is -1.08. The number of nitrogens with zero attached hydrogens (tertiary/aromatic N) is 3. The summed E-state index contributed by atoms with van der Waals surface area (Å²) in [6.45, 7) is 0.512. The number of anilines is 1. The second-order valence-corrected chi connectivity index (χ2v) is 8.63. The molecule has 0 aliphatic carbocycles. The van der Waals surface area contributed by atoms with Crippen molar-refractivity contribution in [3.63, 3.8) is 0 Å². The van der Waals surface area contributed by atoms with Crippen molar-refractivity contribution in [3.05, 3.63) is 84.2 Å². The average Bonchev–Trinajstić information content (AvgIpc) is 3.36. The molecule has 2 amide bonds. The lowest BCUT2D eigenvalue weighted by Gasteiger charge is -2.38. The van der Waals surface area contributed by atoms with Gasteiger partial charge in [0.25, 0.3) is 0 Å². The second-order valence-electron chi connectivity index (χ2n) is 8.20. The maximum Gasteiger partial charge on any atom is 0.240 e. The van der Waals surface area contributed by atoms with Gasteiger partial charge in [-0.05, 0) is 18.2 Å². The number of rotatable bonds is 6. The zero-order valence-electron chi connectivity index (χ0n) is 18.2. The van der Waals surface area contributed by atoms with Crippen LogP contribution in [0.2, 0.25) is 5.02 Å². The first-order chi connectivity index (χ1) is 16.5. The van der Waals surface area contributed by atoms with E-state index in [-0.39, 0.29) is 24.9 Å². The van der Waals surface area contributed by atoms with Crippen molar-refractivity contribution < 1.29 is 14.3 Å². The molecular formula is C25H22ClN5O3. The van der Waals surface area contributed by atoms with Crippen molar-refractivity contribution >= 4 is 39.9 Å². The predicted molar refractivity (Wildman–Crippen MR) is 129 cm³/mol. The molecule has 4 aromatic rings.